The van der Waals surface area contributed by atoms with Crippen LogP contribution in [0.4, 0.5) is 11.4 Å². The number of hydrogen-bond donors (Lipinski definition) is 0. The molecule has 2 heterocycles. The van der Waals surface area contributed by atoms with Crippen LogP contribution in [0.2, 0.25) is 0 Å². The van der Waals surface area contributed by atoms with Crippen molar-refractivity contribution in [3.8, 4) is 0 Å². The molecule has 0 radical (unpaired) electrons. The highest BCUT2D eigenvalue weighted by atomic mass is 15.4. The highest BCUT2D eigenvalue weighted by Gasteiger charge is 2.24. The lowest BCUT2D eigenvalue weighted by atomic mass is 10.1. The van der Waals surface area contributed by atoms with Crippen LogP contribution in [0.5, 0.6) is 0 Å². The SMILES string of the molecule is Cc1c(/C=C/C=C2N(C)c3ccccc3N2C)n(C)c2ccccc12. The Bertz CT molecular complexity index is 937. The lowest BCUT2D eigenvalue weighted by molar-refractivity contribution is 0.948. The summed E-state index contributed by atoms with van der Waals surface area (Å²) in [4.78, 5) is 4.46. The average Bonchev–Trinajstić information content (AvgIpc) is 3.03. The van der Waals surface area contributed by atoms with E-state index in [2.05, 4.69) is 109 Å². The lowest BCUT2D eigenvalue weighted by Gasteiger charge is -2.17. The van der Waals surface area contributed by atoms with Crippen molar-refractivity contribution in [2.75, 3.05) is 23.9 Å². The second-order valence-corrected chi connectivity index (χ2v) is 6.58. The van der Waals surface area contributed by atoms with Gasteiger partial charge in [0, 0.05) is 37.7 Å². The maximum absolute atomic E-state index is 2.26. The van der Waals surface area contributed by atoms with E-state index in [9.17, 15) is 0 Å². The van der Waals surface area contributed by atoms with Crippen molar-refractivity contribution in [1.29, 1.82) is 0 Å². The predicted octanol–water partition coefficient (Wildman–Crippen LogP) is 4.93. The molecule has 1 aliphatic heterocycles. The van der Waals surface area contributed by atoms with Gasteiger partial charge in [0.15, 0.2) is 0 Å². The number of nitrogens with zero attached hydrogens (tertiary/aromatic N) is 3. The Morgan fingerprint density at radius 2 is 1.40 bits per heavy atom. The molecule has 1 aliphatic rings. The van der Waals surface area contributed by atoms with E-state index < -0.39 is 0 Å². The van der Waals surface area contributed by atoms with Crippen LogP contribution in [-0.2, 0) is 7.05 Å². The first-order valence-corrected chi connectivity index (χ1v) is 8.58. The van der Waals surface area contributed by atoms with Gasteiger partial charge >= 0.3 is 0 Å². The molecule has 0 saturated carbocycles. The van der Waals surface area contributed by atoms with E-state index in [0.29, 0.717) is 0 Å². The lowest BCUT2D eigenvalue weighted by Crippen LogP contribution is -2.21. The number of aromatic nitrogens is 1. The first-order valence-electron chi connectivity index (χ1n) is 8.58. The molecule has 0 N–H and O–H groups in total. The highest BCUT2D eigenvalue weighted by molar-refractivity contribution is 5.88. The fourth-order valence-electron chi connectivity index (χ4n) is 3.79. The molecule has 25 heavy (non-hydrogen) atoms. The number of benzene rings is 2. The molecule has 0 unspecified atom stereocenters. The van der Waals surface area contributed by atoms with E-state index in [4.69, 9.17) is 0 Å². The second-order valence-electron chi connectivity index (χ2n) is 6.58. The molecule has 0 fully saturated rings. The normalized spacial score (nSPS) is 14.0. The minimum atomic E-state index is 1.17. The average molecular weight is 329 g/mol. The fraction of sp³-hybridized carbons (Fsp3) is 0.182. The van der Waals surface area contributed by atoms with Crippen LogP contribution in [-0.4, -0.2) is 18.7 Å². The van der Waals surface area contributed by atoms with Crippen molar-refractivity contribution in [3.05, 3.63) is 77.8 Å². The zero-order chi connectivity index (χ0) is 17.6. The van der Waals surface area contributed by atoms with Crippen molar-refractivity contribution in [3.63, 3.8) is 0 Å². The van der Waals surface area contributed by atoms with Crippen LogP contribution in [0.3, 0.4) is 0 Å². The topological polar surface area (TPSA) is 11.4 Å². The minimum absolute atomic E-state index is 1.17. The third kappa shape index (κ3) is 2.35. The molecule has 4 rings (SSSR count). The molecule has 0 aliphatic carbocycles. The summed E-state index contributed by atoms with van der Waals surface area (Å²) in [7, 11) is 6.36. The van der Waals surface area contributed by atoms with Crippen LogP contribution < -0.4 is 9.80 Å². The van der Waals surface area contributed by atoms with E-state index >= 15 is 0 Å². The molecule has 3 nitrogen and oxygen atoms in total. The molecule has 1 aromatic heterocycles. The van der Waals surface area contributed by atoms with Gasteiger partial charge < -0.3 is 14.4 Å². The highest BCUT2D eigenvalue weighted by Crippen LogP contribution is 2.39. The fourth-order valence-corrected chi connectivity index (χ4v) is 3.79. The van der Waals surface area contributed by atoms with Gasteiger partial charge in [0.25, 0.3) is 0 Å². The van der Waals surface area contributed by atoms with Crippen LogP contribution in [0, 0.1) is 6.92 Å². The summed E-state index contributed by atoms with van der Waals surface area (Å²) in [6.07, 6.45) is 6.53. The molecule has 0 amide bonds. The number of anilines is 2. The van der Waals surface area contributed by atoms with Gasteiger partial charge in [0.05, 0.1) is 11.4 Å². The molecule has 3 heteroatoms. The quantitative estimate of drug-likeness (QED) is 0.660. The number of allylic oxidation sites excluding steroid dienone is 2. The Hall–Kier alpha value is -2.94. The summed E-state index contributed by atoms with van der Waals surface area (Å²) < 4.78 is 2.26. The van der Waals surface area contributed by atoms with Gasteiger partial charge in [-0.05, 0) is 42.8 Å². The molecule has 2 aromatic carbocycles. The Balaban J connectivity index is 1.69. The summed E-state index contributed by atoms with van der Waals surface area (Å²) in [5, 5.41) is 1.32. The number of fused-ring (bicyclic) bond motifs is 2. The smallest absolute Gasteiger partial charge is 0.112 e. The van der Waals surface area contributed by atoms with Gasteiger partial charge in [0.1, 0.15) is 5.82 Å². The molecular weight excluding hydrogens is 306 g/mol. The molecule has 0 saturated heterocycles. The van der Waals surface area contributed by atoms with Crippen molar-refractivity contribution in [1.82, 2.24) is 4.57 Å². The van der Waals surface area contributed by atoms with E-state index in [-0.39, 0.29) is 0 Å². The van der Waals surface area contributed by atoms with Crippen LogP contribution in [0.25, 0.3) is 17.0 Å². The van der Waals surface area contributed by atoms with Gasteiger partial charge in [-0.1, -0.05) is 36.4 Å². The Labute approximate surface area is 149 Å². The summed E-state index contributed by atoms with van der Waals surface area (Å²) in [6, 6.07) is 17.0. The summed E-state index contributed by atoms with van der Waals surface area (Å²) in [5.74, 6) is 1.17. The molecule has 0 atom stereocenters. The van der Waals surface area contributed by atoms with Gasteiger partial charge in [-0.3, -0.25) is 0 Å². The summed E-state index contributed by atoms with van der Waals surface area (Å²) >= 11 is 0. The van der Waals surface area contributed by atoms with Crippen molar-refractivity contribution in [2.24, 2.45) is 7.05 Å². The zero-order valence-electron chi connectivity index (χ0n) is 15.2. The zero-order valence-corrected chi connectivity index (χ0v) is 15.2. The second kappa shape index (κ2) is 5.85. The molecule has 0 bridgehead atoms. The Kier molecular flexibility index (Phi) is 3.65. The molecule has 0 spiro atoms. The first kappa shape index (κ1) is 15.6. The number of para-hydroxylation sites is 3. The number of rotatable bonds is 2. The van der Waals surface area contributed by atoms with Crippen molar-refractivity contribution < 1.29 is 0 Å². The third-order valence-electron chi connectivity index (χ3n) is 5.21. The van der Waals surface area contributed by atoms with Gasteiger partial charge in [0.2, 0.25) is 0 Å². The van der Waals surface area contributed by atoms with Crippen LogP contribution in [0.15, 0.2) is 66.5 Å². The van der Waals surface area contributed by atoms with Crippen LogP contribution >= 0.6 is 0 Å². The molecule has 126 valence electrons. The van der Waals surface area contributed by atoms with Gasteiger partial charge in [-0.15, -0.1) is 0 Å². The van der Waals surface area contributed by atoms with Crippen molar-refractivity contribution >= 4 is 28.4 Å². The first-order chi connectivity index (χ1) is 12.1. The summed E-state index contributed by atoms with van der Waals surface area (Å²) in [5.41, 5.74) is 6.33. The largest absolute Gasteiger partial charge is 0.344 e. The maximum atomic E-state index is 2.26. The van der Waals surface area contributed by atoms with E-state index in [1.807, 2.05) is 0 Å². The minimum Gasteiger partial charge on any atom is -0.344 e. The van der Waals surface area contributed by atoms with E-state index in [1.165, 1.54) is 39.4 Å². The van der Waals surface area contributed by atoms with Crippen LogP contribution in [0.1, 0.15) is 11.3 Å². The number of hydrogen-bond acceptors (Lipinski definition) is 2. The summed E-state index contributed by atoms with van der Waals surface area (Å²) in [6.45, 7) is 2.19. The number of aryl methyl sites for hydroxylation is 2. The Morgan fingerprint density at radius 1 is 0.800 bits per heavy atom. The molecule has 3 aromatic rings. The van der Waals surface area contributed by atoms with Gasteiger partial charge in [-0.2, -0.15) is 0 Å². The molecular formula is C22H23N3. The van der Waals surface area contributed by atoms with E-state index in [1.54, 1.807) is 0 Å². The maximum Gasteiger partial charge on any atom is 0.112 e. The van der Waals surface area contributed by atoms with Crippen molar-refractivity contribution in [2.45, 2.75) is 6.92 Å². The monoisotopic (exact) mass is 329 g/mol. The third-order valence-corrected chi connectivity index (χ3v) is 5.21. The standard InChI is InChI=1S/C22H23N3/c1-16-17-10-5-6-11-19(17)23(2)18(16)14-9-15-22-24(3)20-12-7-8-13-21(20)25(22)4/h5-15H,1-4H3/b14-9+. The van der Waals surface area contributed by atoms with E-state index in [0.717, 1.165) is 0 Å². The predicted molar refractivity (Wildman–Crippen MR) is 108 cm³/mol. The van der Waals surface area contributed by atoms with Gasteiger partial charge in [-0.25, -0.2) is 0 Å². The Morgan fingerprint density at radius 3 is 2.04 bits per heavy atom.